The molecule has 1 aliphatic heterocycles. The molecule has 0 radical (unpaired) electrons. The normalized spacial score (nSPS) is 24.5. The highest BCUT2D eigenvalue weighted by Gasteiger charge is 2.59. The SMILES string of the molecule is N#Cc1ccc(C(=O)Nc2ccc(F)c(C34CC(F)(F)CC3CSC(N)=N4)c2)nc1. The van der Waals surface area contributed by atoms with Gasteiger partial charge in [0.15, 0.2) is 5.17 Å². The number of carbonyl (C=O) groups excluding carboxylic acids is 1. The smallest absolute Gasteiger partial charge is 0.274 e. The number of nitrogens with zero attached hydrogens (tertiary/aromatic N) is 3. The van der Waals surface area contributed by atoms with Gasteiger partial charge in [-0.25, -0.2) is 18.2 Å². The topological polar surface area (TPSA) is 104 Å². The number of aromatic nitrogens is 1. The Bertz CT molecular complexity index is 1080. The number of hydrogen-bond donors (Lipinski definition) is 2. The van der Waals surface area contributed by atoms with Crippen LogP contribution in [0.4, 0.5) is 18.9 Å². The third-order valence-electron chi connectivity index (χ3n) is 5.31. The second-order valence-corrected chi connectivity index (χ2v) is 8.35. The predicted molar refractivity (Wildman–Crippen MR) is 107 cm³/mol. The Hall–Kier alpha value is -3.06. The van der Waals surface area contributed by atoms with Crippen LogP contribution in [0.2, 0.25) is 0 Å². The van der Waals surface area contributed by atoms with Crippen LogP contribution in [0.25, 0.3) is 0 Å². The first-order chi connectivity index (χ1) is 14.2. The van der Waals surface area contributed by atoms with Gasteiger partial charge in [0.05, 0.1) is 5.56 Å². The Morgan fingerprint density at radius 2 is 2.13 bits per heavy atom. The summed E-state index contributed by atoms with van der Waals surface area (Å²) in [6.45, 7) is 0. The maximum Gasteiger partial charge on any atom is 0.274 e. The van der Waals surface area contributed by atoms with E-state index in [4.69, 9.17) is 11.0 Å². The fourth-order valence-corrected chi connectivity index (χ4v) is 4.98. The molecule has 1 saturated carbocycles. The highest BCUT2D eigenvalue weighted by Crippen LogP contribution is 2.57. The van der Waals surface area contributed by atoms with Crippen LogP contribution in [-0.4, -0.2) is 27.7 Å². The molecule has 2 aliphatic rings. The monoisotopic (exact) mass is 431 g/mol. The predicted octanol–water partition coefficient (Wildman–Crippen LogP) is 3.65. The summed E-state index contributed by atoms with van der Waals surface area (Å²) in [5.41, 5.74) is 4.90. The van der Waals surface area contributed by atoms with Gasteiger partial charge in [-0.1, -0.05) is 11.8 Å². The molecule has 2 unspecified atom stereocenters. The molecule has 154 valence electrons. The van der Waals surface area contributed by atoms with Gasteiger partial charge in [-0.05, 0) is 30.3 Å². The van der Waals surface area contributed by atoms with E-state index in [9.17, 15) is 18.0 Å². The number of carbonyl (C=O) groups is 1. The minimum Gasteiger partial charge on any atom is -0.379 e. The minimum absolute atomic E-state index is 0.0153. The number of amidine groups is 1. The van der Waals surface area contributed by atoms with Gasteiger partial charge in [0, 0.05) is 42.0 Å². The Kier molecular flexibility index (Phi) is 4.94. The van der Waals surface area contributed by atoms with Crippen LogP contribution < -0.4 is 11.1 Å². The van der Waals surface area contributed by atoms with Crippen LogP contribution in [0.15, 0.2) is 41.5 Å². The average Bonchev–Trinajstić information content (AvgIpc) is 2.99. The molecule has 0 saturated heterocycles. The number of amides is 1. The molecule has 10 heteroatoms. The first kappa shape index (κ1) is 20.2. The second-order valence-electron chi connectivity index (χ2n) is 7.31. The number of benzene rings is 1. The van der Waals surface area contributed by atoms with Gasteiger partial charge < -0.3 is 11.1 Å². The number of rotatable bonds is 3. The van der Waals surface area contributed by atoms with Gasteiger partial charge in [0.25, 0.3) is 11.8 Å². The summed E-state index contributed by atoms with van der Waals surface area (Å²) in [5.74, 6) is -4.51. The standard InChI is InChI=1S/C20H16F3N5OS/c21-15-3-2-13(27-17(29)16-4-1-11(7-24)8-26-16)5-14(15)20-10-19(22,23)6-12(20)9-30-18(25)28-20/h1-5,8,12H,6,9-10H2,(H2,25,28)(H,27,29). The van der Waals surface area contributed by atoms with Crippen molar-refractivity contribution >= 4 is 28.5 Å². The van der Waals surface area contributed by atoms with Gasteiger partial charge in [-0.15, -0.1) is 0 Å². The van der Waals surface area contributed by atoms with E-state index in [1.54, 1.807) is 0 Å². The maximum atomic E-state index is 14.8. The second kappa shape index (κ2) is 7.32. The molecule has 3 N–H and O–H groups in total. The van der Waals surface area contributed by atoms with Gasteiger partial charge in [-0.3, -0.25) is 9.79 Å². The molecule has 2 atom stereocenters. The van der Waals surface area contributed by atoms with E-state index in [0.717, 1.165) is 6.07 Å². The first-order valence-corrected chi connectivity index (χ1v) is 10.0. The number of nitrogens with one attached hydrogen (secondary N) is 1. The summed E-state index contributed by atoms with van der Waals surface area (Å²) < 4.78 is 43.4. The lowest BCUT2D eigenvalue weighted by Crippen LogP contribution is -2.37. The van der Waals surface area contributed by atoms with E-state index in [2.05, 4.69) is 15.3 Å². The molecule has 0 bridgehead atoms. The third-order valence-corrected chi connectivity index (χ3v) is 6.26. The maximum absolute atomic E-state index is 14.8. The summed E-state index contributed by atoms with van der Waals surface area (Å²) in [6, 6.07) is 8.52. The van der Waals surface area contributed by atoms with Crippen molar-refractivity contribution in [3.8, 4) is 6.07 Å². The Morgan fingerprint density at radius 3 is 2.83 bits per heavy atom. The van der Waals surface area contributed by atoms with Crippen LogP contribution in [0.5, 0.6) is 0 Å². The summed E-state index contributed by atoms with van der Waals surface area (Å²) >= 11 is 1.18. The number of anilines is 1. The number of nitriles is 1. The van der Waals surface area contributed by atoms with Crippen molar-refractivity contribution in [1.29, 1.82) is 5.26 Å². The summed E-state index contributed by atoms with van der Waals surface area (Å²) in [5, 5.41) is 11.5. The largest absolute Gasteiger partial charge is 0.379 e. The average molecular weight is 431 g/mol. The molecule has 1 fully saturated rings. The number of hydrogen-bond acceptors (Lipinski definition) is 6. The number of thioether (sulfide) groups is 1. The Labute approximate surface area is 174 Å². The van der Waals surface area contributed by atoms with E-state index < -0.39 is 41.9 Å². The van der Waals surface area contributed by atoms with Gasteiger partial charge in [0.1, 0.15) is 23.1 Å². The minimum atomic E-state index is -2.99. The van der Waals surface area contributed by atoms with Gasteiger partial charge in [-0.2, -0.15) is 5.26 Å². The molecular formula is C20H16F3N5OS. The molecule has 1 aromatic carbocycles. The van der Waals surface area contributed by atoms with Crippen LogP contribution >= 0.6 is 11.8 Å². The highest BCUT2D eigenvalue weighted by atomic mass is 32.2. The van der Waals surface area contributed by atoms with Gasteiger partial charge in [0.2, 0.25) is 0 Å². The molecule has 0 spiro atoms. The zero-order valence-corrected chi connectivity index (χ0v) is 16.3. The van der Waals surface area contributed by atoms with Crippen molar-refractivity contribution < 1.29 is 18.0 Å². The third kappa shape index (κ3) is 3.61. The fraction of sp³-hybridized carbons (Fsp3) is 0.300. The molecule has 30 heavy (non-hydrogen) atoms. The van der Waals surface area contributed by atoms with Crippen LogP contribution in [-0.2, 0) is 5.54 Å². The fourth-order valence-electron chi connectivity index (χ4n) is 3.98. The number of fused-ring (bicyclic) bond motifs is 1. The van der Waals surface area contributed by atoms with Crippen LogP contribution in [0, 0.1) is 23.1 Å². The molecular weight excluding hydrogens is 415 g/mol. The van der Waals surface area contributed by atoms with Crippen molar-refractivity contribution in [2.75, 3.05) is 11.1 Å². The Balaban J connectivity index is 1.68. The summed E-state index contributed by atoms with van der Waals surface area (Å²) in [6.07, 6.45) is 0.214. The number of pyridine rings is 1. The van der Waals surface area contributed by atoms with Crippen molar-refractivity contribution in [2.24, 2.45) is 16.6 Å². The number of nitrogens with two attached hydrogens (primary N) is 1. The lowest BCUT2D eigenvalue weighted by atomic mass is 9.81. The van der Waals surface area contributed by atoms with Gasteiger partial charge >= 0.3 is 0 Å². The van der Waals surface area contributed by atoms with Crippen molar-refractivity contribution in [3.63, 3.8) is 0 Å². The van der Waals surface area contributed by atoms with Crippen molar-refractivity contribution in [2.45, 2.75) is 24.3 Å². The van der Waals surface area contributed by atoms with E-state index in [-0.39, 0.29) is 22.1 Å². The zero-order valence-electron chi connectivity index (χ0n) is 15.5. The molecule has 4 rings (SSSR count). The number of alkyl halides is 2. The Morgan fingerprint density at radius 1 is 1.33 bits per heavy atom. The van der Waals surface area contributed by atoms with Crippen LogP contribution in [0.3, 0.4) is 0 Å². The van der Waals surface area contributed by atoms with Crippen molar-refractivity contribution in [3.05, 3.63) is 59.2 Å². The molecule has 2 heterocycles. The van der Waals surface area contributed by atoms with Crippen LogP contribution in [0.1, 0.15) is 34.5 Å². The lowest BCUT2D eigenvalue weighted by molar-refractivity contribution is 0.00149. The number of halogens is 3. The lowest BCUT2D eigenvalue weighted by Gasteiger charge is -2.35. The van der Waals surface area contributed by atoms with E-state index in [1.165, 1.54) is 42.2 Å². The zero-order chi connectivity index (χ0) is 21.5. The molecule has 1 aromatic heterocycles. The summed E-state index contributed by atoms with van der Waals surface area (Å²) in [4.78, 5) is 20.6. The molecule has 6 nitrogen and oxygen atoms in total. The van der Waals surface area contributed by atoms with Crippen molar-refractivity contribution in [1.82, 2.24) is 4.98 Å². The molecule has 2 aromatic rings. The van der Waals surface area contributed by atoms with E-state index in [0.29, 0.717) is 11.3 Å². The quantitative estimate of drug-likeness (QED) is 0.772. The summed E-state index contributed by atoms with van der Waals surface area (Å²) in [7, 11) is 0. The van der Waals surface area contributed by atoms with E-state index >= 15 is 0 Å². The first-order valence-electron chi connectivity index (χ1n) is 9.06. The molecule has 1 aliphatic carbocycles. The molecule has 1 amide bonds. The van der Waals surface area contributed by atoms with E-state index in [1.807, 2.05) is 6.07 Å². The highest BCUT2D eigenvalue weighted by molar-refractivity contribution is 8.13. The number of aliphatic imine (C=N–C) groups is 1.